The summed E-state index contributed by atoms with van der Waals surface area (Å²) in [6.45, 7) is 2.54. The Labute approximate surface area is 146 Å². The minimum atomic E-state index is -0.0597. The molecule has 1 spiro atoms. The van der Waals surface area contributed by atoms with E-state index in [0.29, 0.717) is 23.0 Å². The fourth-order valence-electron chi connectivity index (χ4n) is 8.35. The van der Waals surface area contributed by atoms with Gasteiger partial charge in [0.05, 0.1) is 6.10 Å². The first-order chi connectivity index (χ1) is 11.6. The van der Waals surface area contributed by atoms with E-state index in [1.165, 1.54) is 38.5 Å². The van der Waals surface area contributed by atoms with Gasteiger partial charge in [-0.05, 0) is 105 Å². The van der Waals surface area contributed by atoms with Crippen molar-refractivity contribution in [3.05, 3.63) is 12.2 Å². The molecule has 4 fully saturated rings. The van der Waals surface area contributed by atoms with E-state index in [1.54, 1.807) is 0 Å². The molecule has 0 aromatic carbocycles. The van der Waals surface area contributed by atoms with Crippen LogP contribution in [0.4, 0.5) is 0 Å². The second-order valence-electron chi connectivity index (χ2n) is 9.94. The fourth-order valence-corrected chi connectivity index (χ4v) is 8.35. The number of hydrogen-bond donors (Lipinski definition) is 1. The normalized spacial score (nSPS) is 56.2. The number of allylic oxidation sites excluding steroid dienone is 2. The SMILES string of the molecule is C[C@]12CC[C@@H](O)C[C@H]1CCC1C3CCC4CC=CC(=O)C43CCC12. The third-order valence-electron chi connectivity index (χ3n) is 9.47. The van der Waals surface area contributed by atoms with Gasteiger partial charge in [-0.2, -0.15) is 0 Å². The lowest BCUT2D eigenvalue weighted by molar-refractivity contribution is -0.152. The topological polar surface area (TPSA) is 37.3 Å². The van der Waals surface area contributed by atoms with E-state index in [4.69, 9.17) is 0 Å². The molecule has 0 aromatic heterocycles. The maximum Gasteiger partial charge on any atom is 0.162 e. The van der Waals surface area contributed by atoms with Crippen LogP contribution in [0.5, 0.6) is 0 Å². The van der Waals surface area contributed by atoms with E-state index in [9.17, 15) is 9.90 Å². The van der Waals surface area contributed by atoms with E-state index >= 15 is 0 Å². The molecular formula is C22H32O2. The van der Waals surface area contributed by atoms with Gasteiger partial charge in [-0.1, -0.05) is 13.0 Å². The molecule has 0 aromatic rings. The largest absolute Gasteiger partial charge is 0.393 e. The molecule has 0 amide bonds. The molecule has 0 heterocycles. The highest BCUT2D eigenvalue weighted by molar-refractivity contribution is 5.96. The lowest BCUT2D eigenvalue weighted by atomic mass is 9.43. The number of carbonyl (C=O) groups excluding carboxylic acids is 1. The van der Waals surface area contributed by atoms with Crippen LogP contribution in [0.2, 0.25) is 0 Å². The lowest BCUT2D eigenvalue weighted by Crippen LogP contribution is -2.56. The Bertz CT molecular complexity index is 581. The van der Waals surface area contributed by atoms with E-state index < -0.39 is 0 Å². The number of ketones is 1. The Morgan fingerprint density at radius 2 is 1.83 bits per heavy atom. The van der Waals surface area contributed by atoms with Crippen molar-refractivity contribution < 1.29 is 9.90 Å². The highest BCUT2D eigenvalue weighted by atomic mass is 16.3. The Morgan fingerprint density at radius 3 is 2.71 bits per heavy atom. The molecular weight excluding hydrogens is 296 g/mol. The smallest absolute Gasteiger partial charge is 0.162 e. The Hall–Kier alpha value is -0.630. The van der Waals surface area contributed by atoms with Crippen LogP contribution in [-0.4, -0.2) is 17.0 Å². The first kappa shape index (κ1) is 15.6. The van der Waals surface area contributed by atoms with Crippen LogP contribution in [0.25, 0.3) is 0 Å². The number of fused-ring (bicyclic) bond motifs is 4. The first-order valence-corrected chi connectivity index (χ1v) is 10.4. The van der Waals surface area contributed by atoms with Gasteiger partial charge in [0, 0.05) is 5.41 Å². The summed E-state index contributed by atoms with van der Waals surface area (Å²) in [6.07, 6.45) is 16.0. The van der Waals surface area contributed by atoms with Crippen molar-refractivity contribution in [2.75, 3.05) is 0 Å². The second-order valence-corrected chi connectivity index (χ2v) is 9.94. The van der Waals surface area contributed by atoms with Crippen molar-refractivity contribution in [2.24, 2.45) is 40.4 Å². The van der Waals surface area contributed by atoms with Crippen LogP contribution >= 0.6 is 0 Å². The molecule has 5 aliphatic rings. The third-order valence-corrected chi connectivity index (χ3v) is 9.47. The average Bonchev–Trinajstić information content (AvgIpc) is 2.97. The third kappa shape index (κ3) is 1.84. The summed E-state index contributed by atoms with van der Waals surface area (Å²) in [6, 6.07) is 0. The van der Waals surface area contributed by atoms with Gasteiger partial charge in [0.2, 0.25) is 0 Å². The van der Waals surface area contributed by atoms with E-state index in [-0.39, 0.29) is 11.5 Å². The lowest BCUT2D eigenvalue weighted by Gasteiger charge is -2.61. The zero-order chi connectivity index (χ0) is 16.5. The van der Waals surface area contributed by atoms with Gasteiger partial charge in [-0.25, -0.2) is 0 Å². The predicted octanol–water partition coefficient (Wildman–Crippen LogP) is 4.52. The summed E-state index contributed by atoms with van der Waals surface area (Å²) in [5.74, 6) is 4.07. The van der Waals surface area contributed by atoms with Crippen molar-refractivity contribution in [1.29, 1.82) is 0 Å². The molecule has 2 heteroatoms. The molecule has 4 saturated carbocycles. The van der Waals surface area contributed by atoms with Crippen LogP contribution in [-0.2, 0) is 4.79 Å². The van der Waals surface area contributed by atoms with Gasteiger partial charge in [-0.3, -0.25) is 4.79 Å². The summed E-state index contributed by atoms with van der Waals surface area (Å²) >= 11 is 0. The minimum Gasteiger partial charge on any atom is -0.393 e. The van der Waals surface area contributed by atoms with Crippen molar-refractivity contribution in [2.45, 2.75) is 77.2 Å². The van der Waals surface area contributed by atoms with Gasteiger partial charge in [-0.15, -0.1) is 0 Å². The van der Waals surface area contributed by atoms with Crippen molar-refractivity contribution >= 4 is 5.78 Å². The van der Waals surface area contributed by atoms with Crippen LogP contribution in [0.15, 0.2) is 12.2 Å². The van der Waals surface area contributed by atoms with Gasteiger partial charge in [0.1, 0.15) is 0 Å². The first-order valence-electron chi connectivity index (χ1n) is 10.4. The number of aliphatic hydroxyl groups is 1. The number of carbonyl (C=O) groups is 1. The Morgan fingerprint density at radius 1 is 1.00 bits per heavy atom. The Balaban J connectivity index is 1.49. The fraction of sp³-hybridized carbons (Fsp3) is 0.864. The molecule has 24 heavy (non-hydrogen) atoms. The van der Waals surface area contributed by atoms with Crippen molar-refractivity contribution in [3.63, 3.8) is 0 Å². The van der Waals surface area contributed by atoms with E-state index in [0.717, 1.165) is 43.4 Å². The number of rotatable bonds is 0. The molecule has 0 aliphatic heterocycles. The second kappa shape index (κ2) is 5.19. The maximum absolute atomic E-state index is 13.0. The van der Waals surface area contributed by atoms with Gasteiger partial charge in [0.25, 0.3) is 0 Å². The average molecular weight is 328 g/mol. The monoisotopic (exact) mass is 328 g/mol. The maximum atomic E-state index is 13.0. The van der Waals surface area contributed by atoms with Gasteiger partial charge >= 0.3 is 0 Å². The summed E-state index contributed by atoms with van der Waals surface area (Å²) in [5, 5.41) is 10.1. The highest BCUT2D eigenvalue weighted by Crippen LogP contribution is 2.68. The number of hydrogen-bond acceptors (Lipinski definition) is 2. The van der Waals surface area contributed by atoms with Gasteiger partial charge < -0.3 is 5.11 Å². The van der Waals surface area contributed by atoms with Crippen LogP contribution in [0.1, 0.15) is 71.1 Å². The predicted molar refractivity (Wildman–Crippen MR) is 94.3 cm³/mol. The van der Waals surface area contributed by atoms with Crippen LogP contribution in [0.3, 0.4) is 0 Å². The molecule has 5 rings (SSSR count). The molecule has 0 bridgehead atoms. The molecule has 2 nitrogen and oxygen atoms in total. The standard InChI is InChI=1S/C22H32O2/c1-21-11-9-16(23)13-15(21)5-7-17-18(21)10-12-22-14(6-8-19(17)22)3-2-4-20(22)24/h2,4,14-19,23H,3,5-13H2,1H3/t14?,15-,16-,17?,18?,19?,21+,22?/m1/s1. The molecule has 5 unspecified atom stereocenters. The zero-order valence-electron chi connectivity index (χ0n) is 15.0. The quantitative estimate of drug-likeness (QED) is 0.710. The molecule has 1 N–H and O–H groups in total. The summed E-state index contributed by atoms with van der Waals surface area (Å²) in [4.78, 5) is 13.0. The van der Waals surface area contributed by atoms with Crippen LogP contribution < -0.4 is 0 Å². The Kier molecular flexibility index (Phi) is 3.38. The molecule has 0 radical (unpaired) electrons. The number of aliphatic hydroxyl groups excluding tert-OH is 1. The van der Waals surface area contributed by atoms with E-state index in [1.807, 2.05) is 6.08 Å². The van der Waals surface area contributed by atoms with Crippen molar-refractivity contribution in [1.82, 2.24) is 0 Å². The molecule has 8 atom stereocenters. The summed E-state index contributed by atoms with van der Waals surface area (Å²) < 4.78 is 0. The zero-order valence-corrected chi connectivity index (χ0v) is 15.0. The van der Waals surface area contributed by atoms with Crippen LogP contribution in [0, 0.1) is 40.4 Å². The highest BCUT2D eigenvalue weighted by Gasteiger charge is 2.63. The summed E-state index contributed by atoms with van der Waals surface area (Å²) in [5.41, 5.74) is 0.447. The molecule has 132 valence electrons. The van der Waals surface area contributed by atoms with E-state index in [2.05, 4.69) is 13.0 Å². The van der Waals surface area contributed by atoms with Gasteiger partial charge in [0.15, 0.2) is 5.78 Å². The van der Waals surface area contributed by atoms with Crippen molar-refractivity contribution in [3.8, 4) is 0 Å². The molecule has 0 saturated heterocycles. The summed E-state index contributed by atoms with van der Waals surface area (Å²) in [7, 11) is 0. The minimum absolute atomic E-state index is 0.0211. The molecule has 5 aliphatic carbocycles.